The fraction of sp³-hybridized carbons (Fsp3) is 0.500. The molecule has 1 atom stereocenters. The van der Waals surface area contributed by atoms with Crippen LogP contribution in [0.25, 0.3) is 0 Å². The van der Waals surface area contributed by atoms with Crippen molar-refractivity contribution >= 4 is 5.97 Å². The summed E-state index contributed by atoms with van der Waals surface area (Å²) in [5.41, 5.74) is 3.36. The highest BCUT2D eigenvalue weighted by Gasteiger charge is 2.31. The van der Waals surface area contributed by atoms with Crippen LogP contribution in [0.5, 0.6) is 11.5 Å². The third-order valence-electron chi connectivity index (χ3n) is 4.17. The second-order valence-electron chi connectivity index (χ2n) is 5.88. The van der Waals surface area contributed by atoms with Gasteiger partial charge >= 0.3 is 5.97 Å². The summed E-state index contributed by atoms with van der Waals surface area (Å²) in [7, 11) is 4.67. The van der Waals surface area contributed by atoms with E-state index in [1.807, 2.05) is 19.1 Å². The molecule has 0 spiro atoms. The van der Waals surface area contributed by atoms with E-state index in [9.17, 15) is 4.79 Å². The third kappa shape index (κ3) is 3.85. The predicted octanol–water partition coefficient (Wildman–Crippen LogP) is 2.74. The van der Waals surface area contributed by atoms with E-state index in [4.69, 9.17) is 14.2 Å². The van der Waals surface area contributed by atoms with Gasteiger partial charge in [0.1, 0.15) is 0 Å². The van der Waals surface area contributed by atoms with Crippen LogP contribution in [0.2, 0.25) is 0 Å². The molecule has 0 saturated carbocycles. The Labute approximate surface area is 137 Å². The molecule has 126 valence electrons. The maximum Gasteiger partial charge on any atom is 0.307 e. The maximum absolute atomic E-state index is 11.9. The second-order valence-corrected chi connectivity index (χ2v) is 5.88. The molecular weight excluding hydrogens is 294 g/mol. The molecule has 0 saturated heterocycles. The van der Waals surface area contributed by atoms with E-state index in [0.717, 1.165) is 36.4 Å². The average molecular weight is 319 g/mol. The van der Waals surface area contributed by atoms with Crippen molar-refractivity contribution in [1.82, 2.24) is 4.90 Å². The molecule has 1 aromatic carbocycles. The van der Waals surface area contributed by atoms with Crippen LogP contribution in [0, 0.1) is 0 Å². The van der Waals surface area contributed by atoms with Gasteiger partial charge < -0.3 is 14.2 Å². The summed E-state index contributed by atoms with van der Waals surface area (Å²) < 4.78 is 15.7. The van der Waals surface area contributed by atoms with E-state index in [0.29, 0.717) is 12.2 Å². The summed E-state index contributed by atoms with van der Waals surface area (Å²) in [6, 6.07) is 3.95. The van der Waals surface area contributed by atoms with Gasteiger partial charge in [-0.25, -0.2) is 0 Å². The largest absolute Gasteiger partial charge is 0.493 e. The van der Waals surface area contributed by atoms with Gasteiger partial charge in [0.15, 0.2) is 11.5 Å². The van der Waals surface area contributed by atoms with Crippen molar-refractivity contribution in [1.29, 1.82) is 0 Å². The van der Waals surface area contributed by atoms with Crippen molar-refractivity contribution in [2.45, 2.75) is 25.8 Å². The summed E-state index contributed by atoms with van der Waals surface area (Å²) in [5, 5.41) is 0. The molecule has 0 radical (unpaired) electrons. The van der Waals surface area contributed by atoms with Crippen LogP contribution in [0.3, 0.4) is 0 Å². The zero-order valence-corrected chi connectivity index (χ0v) is 14.3. The highest BCUT2D eigenvalue weighted by atomic mass is 16.5. The molecule has 0 amide bonds. The van der Waals surface area contributed by atoms with Gasteiger partial charge in [0.05, 0.1) is 27.8 Å². The fourth-order valence-electron chi connectivity index (χ4n) is 3.10. The van der Waals surface area contributed by atoms with Crippen molar-refractivity contribution in [2.75, 3.05) is 34.4 Å². The van der Waals surface area contributed by atoms with E-state index in [1.165, 1.54) is 12.7 Å². The van der Waals surface area contributed by atoms with Crippen molar-refractivity contribution < 1.29 is 19.0 Å². The predicted molar refractivity (Wildman–Crippen MR) is 89.0 cm³/mol. The lowest BCUT2D eigenvalue weighted by Gasteiger charge is -2.37. The molecule has 0 aliphatic carbocycles. The number of methoxy groups -OCH3 is 3. The maximum atomic E-state index is 11.9. The lowest BCUT2D eigenvalue weighted by atomic mass is 9.89. The van der Waals surface area contributed by atoms with Gasteiger partial charge in [-0.3, -0.25) is 9.69 Å². The van der Waals surface area contributed by atoms with Crippen LogP contribution in [0.1, 0.15) is 30.5 Å². The van der Waals surface area contributed by atoms with Gasteiger partial charge in [-0.15, -0.1) is 0 Å². The number of ether oxygens (including phenoxy) is 3. The molecule has 0 unspecified atom stereocenters. The van der Waals surface area contributed by atoms with E-state index >= 15 is 0 Å². The number of carbonyl (C=O) groups is 1. The molecule has 5 nitrogen and oxygen atoms in total. The first kappa shape index (κ1) is 17.3. The minimum Gasteiger partial charge on any atom is -0.493 e. The van der Waals surface area contributed by atoms with Crippen LogP contribution >= 0.6 is 0 Å². The number of rotatable bonds is 6. The molecular formula is C18H25NO4. The SMILES string of the molecule is C=C(C)CN1CCc2cc(OC)c(OC)cc2[C@H]1CC(=O)OC. The smallest absolute Gasteiger partial charge is 0.307 e. The van der Waals surface area contributed by atoms with Crippen LogP contribution in [-0.2, 0) is 16.0 Å². The molecule has 23 heavy (non-hydrogen) atoms. The van der Waals surface area contributed by atoms with Crippen molar-refractivity contribution in [3.8, 4) is 11.5 Å². The standard InChI is InChI=1S/C18H25NO4/c1-12(2)11-19-7-6-13-8-16(21-3)17(22-4)9-14(13)15(19)10-18(20)23-5/h8-9,15H,1,6-7,10-11H2,2-5H3/t15-/m1/s1. The third-order valence-corrected chi connectivity index (χ3v) is 4.17. The number of benzene rings is 1. The molecule has 0 aromatic heterocycles. The Hall–Kier alpha value is -2.01. The first-order chi connectivity index (χ1) is 11.0. The molecule has 1 aromatic rings. The van der Waals surface area contributed by atoms with Crippen LogP contribution in [0.15, 0.2) is 24.3 Å². The van der Waals surface area contributed by atoms with Crippen molar-refractivity contribution in [3.63, 3.8) is 0 Å². The molecule has 0 N–H and O–H groups in total. The van der Waals surface area contributed by atoms with Crippen molar-refractivity contribution in [2.24, 2.45) is 0 Å². The zero-order chi connectivity index (χ0) is 17.0. The Bertz CT molecular complexity index is 597. The highest BCUT2D eigenvalue weighted by Crippen LogP contribution is 2.39. The number of fused-ring (bicyclic) bond motifs is 1. The second kappa shape index (κ2) is 7.51. The molecule has 0 bridgehead atoms. The number of esters is 1. The van der Waals surface area contributed by atoms with E-state index in [1.54, 1.807) is 14.2 Å². The average Bonchev–Trinajstić information content (AvgIpc) is 2.54. The summed E-state index contributed by atoms with van der Waals surface area (Å²) in [6.45, 7) is 7.63. The van der Waals surface area contributed by atoms with Gasteiger partial charge in [-0.2, -0.15) is 0 Å². The zero-order valence-electron chi connectivity index (χ0n) is 14.3. The topological polar surface area (TPSA) is 48.0 Å². The number of hydrogen-bond acceptors (Lipinski definition) is 5. The van der Waals surface area contributed by atoms with Gasteiger partial charge in [-0.05, 0) is 36.6 Å². The molecule has 1 aliphatic heterocycles. The minimum absolute atomic E-state index is 0.0392. The van der Waals surface area contributed by atoms with Crippen LogP contribution < -0.4 is 9.47 Å². The lowest BCUT2D eigenvalue weighted by Crippen LogP contribution is -2.37. The Morgan fingerprint density at radius 2 is 1.91 bits per heavy atom. The Balaban J connectivity index is 2.43. The van der Waals surface area contributed by atoms with Gasteiger partial charge in [-0.1, -0.05) is 12.2 Å². The summed E-state index contributed by atoms with van der Waals surface area (Å²) in [6.07, 6.45) is 1.22. The van der Waals surface area contributed by atoms with Gasteiger partial charge in [0.2, 0.25) is 0 Å². The van der Waals surface area contributed by atoms with Gasteiger partial charge in [0, 0.05) is 19.1 Å². The Morgan fingerprint density at radius 1 is 1.26 bits per heavy atom. The molecule has 1 heterocycles. The van der Waals surface area contributed by atoms with Crippen LogP contribution in [-0.4, -0.2) is 45.3 Å². The molecule has 1 aliphatic rings. The van der Waals surface area contributed by atoms with E-state index in [2.05, 4.69) is 11.5 Å². The minimum atomic E-state index is -0.218. The molecule has 2 rings (SSSR count). The summed E-state index contributed by atoms with van der Waals surface area (Å²) in [4.78, 5) is 14.1. The summed E-state index contributed by atoms with van der Waals surface area (Å²) in [5.74, 6) is 1.18. The fourth-order valence-corrected chi connectivity index (χ4v) is 3.10. The monoisotopic (exact) mass is 319 g/mol. The number of nitrogens with zero attached hydrogens (tertiary/aromatic N) is 1. The first-order valence-electron chi connectivity index (χ1n) is 7.70. The molecule has 0 fully saturated rings. The summed E-state index contributed by atoms with van der Waals surface area (Å²) >= 11 is 0. The molecule has 5 heteroatoms. The highest BCUT2D eigenvalue weighted by molar-refractivity contribution is 5.70. The van der Waals surface area contributed by atoms with Crippen molar-refractivity contribution in [3.05, 3.63) is 35.4 Å². The number of hydrogen-bond donors (Lipinski definition) is 0. The first-order valence-corrected chi connectivity index (χ1v) is 7.70. The van der Waals surface area contributed by atoms with E-state index in [-0.39, 0.29) is 12.0 Å². The van der Waals surface area contributed by atoms with Crippen LogP contribution in [0.4, 0.5) is 0 Å². The van der Waals surface area contributed by atoms with Gasteiger partial charge in [0.25, 0.3) is 0 Å². The Kier molecular flexibility index (Phi) is 5.66. The number of carbonyl (C=O) groups excluding carboxylic acids is 1. The normalized spacial score (nSPS) is 17.3. The Morgan fingerprint density at radius 3 is 2.48 bits per heavy atom. The lowest BCUT2D eigenvalue weighted by molar-refractivity contribution is -0.142. The van der Waals surface area contributed by atoms with E-state index < -0.39 is 0 Å². The quantitative estimate of drug-likeness (QED) is 0.596.